The average molecular weight is 467 g/mol. The summed E-state index contributed by atoms with van der Waals surface area (Å²) in [5.74, 6) is 3.56. The third-order valence-corrected chi connectivity index (χ3v) is 6.50. The molecule has 1 saturated heterocycles. The zero-order valence-corrected chi connectivity index (χ0v) is 17.3. The Kier molecular flexibility index (Phi) is 4.96. The molecule has 0 bridgehead atoms. The van der Waals surface area contributed by atoms with Gasteiger partial charge in [0.1, 0.15) is 12.4 Å². The number of carbonyl (C=O) groups is 2. The molecule has 2 amide bonds. The van der Waals surface area contributed by atoms with Crippen molar-refractivity contribution < 1.29 is 37.7 Å². The third-order valence-electron chi connectivity index (χ3n) is 5.28. The number of nitrogens with two attached hydrogens (primary N) is 1. The van der Waals surface area contributed by atoms with Gasteiger partial charge in [0.2, 0.25) is 11.2 Å². The van der Waals surface area contributed by atoms with Gasteiger partial charge in [0.25, 0.3) is 11.8 Å². The molecule has 0 saturated carbocycles. The fourth-order valence-corrected chi connectivity index (χ4v) is 4.44. The Bertz CT molecular complexity index is 1200. The molecule has 168 valence electrons. The molecule has 1 aromatic heterocycles. The van der Waals surface area contributed by atoms with E-state index in [1.165, 1.54) is 30.1 Å². The van der Waals surface area contributed by atoms with Crippen molar-refractivity contribution in [2.75, 3.05) is 20.2 Å². The number of likely N-dealkylation sites (N-methyl/N-ethyl adjacent to an activating group) is 1. The molecule has 3 heterocycles. The average Bonchev–Trinajstić information content (AvgIpc) is 3.25. The minimum absolute atomic E-state index is 0.0197. The summed E-state index contributed by atoms with van der Waals surface area (Å²) in [5, 5.41) is 20.5. The summed E-state index contributed by atoms with van der Waals surface area (Å²) in [7, 11) is 1.53. The quantitative estimate of drug-likeness (QED) is 0.538. The molecule has 2 aromatic rings. The molecule has 32 heavy (non-hydrogen) atoms. The standard InChI is InChI=1S/C20H16F3N3O5S/c1-26-7-6-18(29,17(26)28)5-4-10-2-3-12-11(8-10)13-14(32-16(25-13)15(24)27)19(30,9-31-12)20(21,22)23/h2-3,8,29-30H,6-7,9H2,1H3,(H2,24,27)/t18-,19-/m0/s1. The fourth-order valence-electron chi connectivity index (χ4n) is 3.41. The number of fused-ring (bicyclic) bond motifs is 3. The highest BCUT2D eigenvalue weighted by Gasteiger charge is 2.59. The van der Waals surface area contributed by atoms with E-state index in [1.54, 1.807) is 0 Å². The van der Waals surface area contributed by atoms with Crippen LogP contribution in [0.5, 0.6) is 5.75 Å². The van der Waals surface area contributed by atoms with E-state index in [-0.39, 0.29) is 29.0 Å². The van der Waals surface area contributed by atoms with Crippen molar-refractivity contribution in [2.45, 2.75) is 23.8 Å². The van der Waals surface area contributed by atoms with Gasteiger partial charge in [0, 0.05) is 31.1 Å². The number of aliphatic hydroxyl groups is 2. The topological polar surface area (TPSA) is 126 Å². The lowest BCUT2D eigenvalue weighted by Gasteiger charge is -2.28. The van der Waals surface area contributed by atoms with Crippen molar-refractivity contribution >= 4 is 23.2 Å². The van der Waals surface area contributed by atoms with E-state index >= 15 is 0 Å². The first-order valence-corrected chi connectivity index (χ1v) is 10.1. The first kappa shape index (κ1) is 22.1. The molecule has 4 N–H and O–H groups in total. The van der Waals surface area contributed by atoms with E-state index < -0.39 is 45.7 Å². The third kappa shape index (κ3) is 3.38. The van der Waals surface area contributed by atoms with Crippen LogP contribution in [0.4, 0.5) is 13.2 Å². The second kappa shape index (κ2) is 7.19. The number of primary amides is 1. The number of likely N-dealkylation sites (tertiary alicyclic amines) is 1. The van der Waals surface area contributed by atoms with Crippen LogP contribution in [0.3, 0.4) is 0 Å². The molecule has 12 heteroatoms. The molecule has 2 atom stereocenters. The molecule has 0 spiro atoms. The molecule has 0 unspecified atom stereocenters. The van der Waals surface area contributed by atoms with Gasteiger partial charge in [0.05, 0.1) is 10.6 Å². The van der Waals surface area contributed by atoms with Crippen molar-refractivity contribution in [3.8, 4) is 28.8 Å². The van der Waals surface area contributed by atoms with Gasteiger partial charge in [0.15, 0.2) is 5.01 Å². The number of ether oxygens (including phenoxy) is 1. The highest BCUT2D eigenvalue weighted by molar-refractivity contribution is 7.14. The number of nitrogens with zero attached hydrogens (tertiary/aromatic N) is 2. The van der Waals surface area contributed by atoms with E-state index in [9.17, 15) is 33.0 Å². The van der Waals surface area contributed by atoms with Gasteiger partial charge >= 0.3 is 6.18 Å². The van der Waals surface area contributed by atoms with Crippen LogP contribution in [-0.4, -0.2) is 63.9 Å². The number of carbonyl (C=O) groups excluding carboxylic acids is 2. The van der Waals surface area contributed by atoms with Gasteiger partial charge in [-0.1, -0.05) is 11.8 Å². The predicted octanol–water partition coefficient (Wildman–Crippen LogP) is 0.996. The van der Waals surface area contributed by atoms with E-state index in [2.05, 4.69) is 16.8 Å². The van der Waals surface area contributed by atoms with Crippen molar-refractivity contribution in [1.29, 1.82) is 0 Å². The van der Waals surface area contributed by atoms with Crippen LogP contribution in [-0.2, 0) is 10.4 Å². The molecule has 8 nitrogen and oxygen atoms in total. The monoisotopic (exact) mass is 467 g/mol. The van der Waals surface area contributed by atoms with E-state index in [4.69, 9.17) is 10.5 Å². The highest BCUT2D eigenvalue weighted by Crippen LogP contribution is 2.49. The summed E-state index contributed by atoms with van der Waals surface area (Å²) < 4.78 is 46.5. The molecule has 2 aliphatic heterocycles. The normalized spacial score (nSPS) is 24.7. The van der Waals surface area contributed by atoms with Gasteiger partial charge in [-0.15, -0.1) is 11.3 Å². The minimum Gasteiger partial charge on any atom is -0.489 e. The summed E-state index contributed by atoms with van der Waals surface area (Å²) in [6.07, 6.45) is -5.01. The Morgan fingerprint density at radius 2 is 2.09 bits per heavy atom. The van der Waals surface area contributed by atoms with E-state index in [1.807, 2.05) is 0 Å². The lowest BCUT2D eigenvalue weighted by molar-refractivity contribution is -0.273. The summed E-state index contributed by atoms with van der Waals surface area (Å²) >= 11 is 0.332. The number of hydrogen-bond donors (Lipinski definition) is 3. The Labute approximate surface area is 183 Å². The number of hydrogen-bond acceptors (Lipinski definition) is 7. The maximum absolute atomic E-state index is 13.7. The van der Waals surface area contributed by atoms with E-state index in [0.717, 1.165) is 0 Å². The molecule has 2 aliphatic rings. The predicted molar refractivity (Wildman–Crippen MR) is 106 cm³/mol. The zero-order chi connectivity index (χ0) is 23.5. The lowest BCUT2D eigenvalue weighted by atomic mass is 9.98. The minimum atomic E-state index is -5.12. The van der Waals surface area contributed by atoms with Crippen LogP contribution in [0.25, 0.3) is 11.3 Å². The second-order valence-electron chi connectivity index (χ2n) is 7.51. The smallest absolute Gasteiger partial charge is 0.425 e. The summed E-state index contributed by atoms with van der Waals surface area (Å²) in [4.78, 5) is 28.3. The number of rotatable bonds is 1. The number of halogens is 3. The molecule has 4 rings (SSSR count). The van der Waals surface area contributed by atoms with Crippen LogP contribution in [0, 0.1) is 11.8 Å². The second-order valence-corrected chi connectivity index (χ2v) is 8.50. The lowest BCUT2D eigenvalue weighted by Crippen LogP contribution is -2.46. The Morgan fingerprint density at radius 3 is 2.69 bits per heavy atom. The van der Waals surface area contributed by atoms with Gasteiger partial charge in [-0.05, 0) is 18.2 Å². The van der Waals surface area contributed by atoms with Crippen LogP contribution in [0.1, 0.15) is 26.7 Å². The first-order chi connectivity index (χ1) is 14.9. The number of aromatic nitrogens is 1. The Morgan fingerprint density at radius 1 is 1.38 bits per heavy atom. The van der Waals surface area contributed by atoms with Crippen LogP contribution < -0.4 is 10.5 Å². The number of thiazole rings is 1. The maximum Gasteiger partial charge on any atom is 0.425 e. The van der Waals surface area contributed by atoms with Crippen LogP contribution in [0.15, 0.2) is 18.2 Å². The zero-order valence-electron chi connectivity index (χ0n) is 16.5. The number of amides is 2. The van der Waals surface area contributed by atoms with Crippen molar-refractivity contribution in [3.63, 3.8) is 0 Å². The number of alkyl halides is 3. The van der Waals surface area contributed by atoms with Gasteiger partial charge in [-0.3, -0.25) is 9.59 Å². The fraction of sp³-hybridized carbons (Fsp3) is 0.350. The number of benzene rings is 1. The van der Waals surface area contributed by atoms with Gasteiger partial charge in [-0.25, -0.2) is 4.98 Å². The van der Waals surface area contributed by atoms with Crippen molar-refractivity contribution in [3.05, 3.63) is 33.6 Å². The summed E-state index contributed by atoms with van der Waals surface area (Å²) in [6, 6.07) is 4.11. The SMILES string of the molecule is CN1CC[C@@](O)(C#Cc2ccc3c(c2)-c2nc(C(N)=O)sc2[C@](O)(C(F)(F)F)CO3)C1=O. The molecule has 1 aromatic carbocycles. The van der Waals surface area contributed by atoms with Crippen LogP contribution in [0.2, 0.25) is 0 Å². The maximum atomic E-state index is 13.7. The summed E-state index contributed by atoms with van der Waals surface area (Å²) in [6.45, 7) is -0.821. The molecular weight excluding hydrogens is 451 g/mol. The van der Waals surface area contributed by atoms with E-state index in [0.29, 0.717) is 17.9 Å². The molecule has 0 aliphatic carbocycles. The molecular formula is C20H16F3N3O5S. The Hall–Kier alpha value is -3.14. The van der Waals surface area contributed by atoms with Gasteiger partial charge in [-0.2, -0.15) is 13.2 Å². The Balaban J connectivity index is 1.84. The molecule has 1 fully saturated rings. The highest BCUT2D eigenvalue weighted by atomic mass is 32.1. The van der Waals surface area contributed by atoms with Crippen molar-refractivity contribution in [1.82, 2.24) is 9.88 Å². The van der Waals surface area contributed by atoms with Crippen molar-refractivity contribution in [2.24, 2.45) is 5.73 Å². The molecule has 0 radical (unpaired) electrons. The van der Waals surface area contributed by atoms with Gasteiger partial charge < -0.3 is 25.6 Å². The van der Waals surface area contributed by atoms with Crippen LogP contribution >= 0.6 is 11.3 Å². The summed E-state index contributed by atoms with van der Waals surface area (Å²) in [5.41, 5.74) is -0.0788. The largest absolute Gasteiger partial charge is 0.489 e. The first-order valence-electron chi connectivity index (χ1n) is 9.24.